The van der Waals surface area contributed by atoms with Crippen molar-refractivity contribution in [2.24, 2.45) is 0 Å². The Hall–Kier alpha value is -2.63. The SMILES string of the molecule is O=C1c2ccc(N3CC(N4CCOCC4)C3)cc2Cc2[nH]c3ccccc3c21. The number of carbonyl (C=O) groups excluding carboxylic acids is 1. The van der Waals surface area contributed by atoms with Crippen LogP contribution in [-0.4, -0.2) is 61.1 Å². The molecule has 0 bridgehead atoms. The largest absolute Gasteiger partial charge is 0.379 e. The molecule has 0 spiro atoms. The number of fused-ring (bicyclic) bond motifs is 4. The van der Waals surface area contributed by atoms with Gasteiger partial charge in [-0.1, -0.05) is 18.2 Å². The molecular formula is C23H23N3O2. The number of aromatic amines is 1. The third-order valence-electron chi connectivity index (χ3n) is 6.50. The van der Waals surface area contributed by atoms with Gasteiger partial charge < -0.3 is 14.6 Å². The molecule has 1 aliphatic carbocycles. The van der Waals surface area contributed by atoms with Crippen LogP contribution in [0.2, 0.25) is 0 Å². The summed E-state index contributed by atoms with van der Waals surface area (Å²) >= 11 is 0. The molecule has 0 amide bonds. The summed E-state index contributed by atoms with van der Waals surface area (Å²) in [5.41, 5.74) is 6.17. The Labute approximate surface area is 163 Å². The topological polar surface area (TPSA) is 48.6 Å². The van der Waals surface area contributed by atoms with Crippen molar-refractivity contribution in [2.45, 2.75) is 12.5 Å². The predicted octanol–water partition coefficient (Wildman–Crippen LogP) is 2.82. The van der Waals surface area contributed by atoms with Gasteiger partial charge in [-0.2, -0.15) is 0 Å². The molecule has 0 atom stereocenters. The van der Waals surface area contributed by atoms with E-state index in [1.54, 1.807) is 0 Å². The zero-order valence-electron chi connectivity index (χ0n) is 15.8. The number of para-hydroxylation sites is 1. The molecule has 3 heterocycles. The van der Waals surface area contributed by atoms with Gasteiger partial charge in [-0.15, -0.1) is 0 Å². The highest BCUT2D eigenvalue weighted by Gasteiger charge is 2.34. The number of anilines is 1. The van der Waals surface area contributed by atoms with Gasteiger partial charge in [0.25, 0.3) is 0 Å². The normalized spacial score (nSPS) is 20.1. The van der Waals surface area contributed by atoms with Crippen LogP contribution in [0.1, 0.15) is 27.2 Å². The molecule has 28 heavy (non-hydrogen) atoms. The van der Waals surface area contributed by atoms with Gasteiger partial charge >= 0.3 is 0 Å². The Balaban J connectivity index is 1.26. The first kappa shape index (κ1) is 16.3. The maximum atomic E-state index is 13.2. The molecule has 3 aliphatic rings. The smallest absolute Gasteiger partial charge is 0.195 e. The Morgan fingerprint density at radius 2 is 1.86 bits per heavy atom. The van der Waals surface area contributed by atoms with E-state index in [0.29, 0.717) is 6.04 Å². The number of ether oxygens (including phenoxy) is 1. The molecule has 6 rings (SSSR count). The quantitative estimate of drug-likeness (QED) is 0.587. The van der Waals surface area contributed by atoms with Gasteiger partial charge in [-0.25, -0.2) is 0 Å². The molecule has 5 nitrogen and oxygen atoms in total. The lowest BCUT2D eigenvalue weighted by Crippen LogP contribution is -2.61. The van der Waals surface area contributed by atoms with Crippen molar-refractivity contribution >= 4 is 22.4 Å². The molecular weight excluding hydrogens is 350 g/mol. The van der Waals surface area contributed by atoms with Gasteiger partial charge in [0.2, 0.25) is 0 Å². The predicted molar refractivity (Wildman–Crippen MR) is 109 cm³/mol. The average Bonchev–Trinajstić information content (AvgIpc) is 3.06. The van der Waals surface area contributed by atoms with E-state index in [9.17, 15) is 4.79 Å². The summed E-state index contributed by atoms with van der Waals surface area (Å²) in [4.78, 5) is 21.6. The van der Waals surface area contributed by atoms with Gasteiger partial charge in [0.05, 0.1) is 18.8 Å². The highest BCUT2D eigenvalue weighted by Crippen LogP contribution is 2.35. The van der Waals surface area contributed by atoms with E-state index in [0.717, 1.165) is 79.1 Å². The Morgan fingerprint density at radius 3 is 2.71 bits per heavy atom. The van der Waals surface area contributed by atoms with Crippen LogP contribution in [-0.2, 0) is 11.2 Å². The van der Waals surface area contributed by atoms with Crippen LogP contribution < -0.4 is 4.90 Å². The molecule has 2 aliphatic heterocycles. The van der Waals surface area contributed by atoms with E-state index in [-0.39, 0.29) is 5.78 Å². The zero-order valence-corrected chi connectivity index (χ0v) is 15.8. The number of aromatic nitrogens is 1. The fourth-order valence-corrected chi connectivity index (χ4v) is 4.90. The van der Waals surface area contributed by atoms with E-state index in [1.165, 1.54) is 5.69 Å². The van der Waals surface area contributed by atoms with Gasteiger partial charge in [-0.3, -0.25) is 9.69 Å². The summed E-state index contributed by atoms with van der Waals surface area (Å²) in [6.07, 6.45) is 0.791. The standard InChI is InChI=1S/C23H23N3O2/c27-23-18-6-5-16(26-13-17(14-26)25-7-9-28-10-8-25)11-15(18)12-21-22(23)19-3-1-2-4-20(19)24-21/h1-6,11,17,24H,7-10,12-14H2. The molecule has 1 N–H and O–H groups in total. The second kappa shape index (κ2) is 6.19. The maximum absolute atomic E-state index is 13.2. The van der Waals surface area contributed by atoms with Crippen LogP contribution in [0.15, 0.2) is 42.5 Å². The minimum absolute atomic E-state index is 0.148. The highest BCUT2D eigenvalue weighted by atomic mass is 16.5. The number of ketones is 1. The fourth-order valence-electron chi connectivity index (χ4n) is 4.90. The van der Waals surface area contributed by atoms with Crippen molar-refractivity contribution in [1.29, 1.82) is 0 Å². The number of benzene rings is 2. The Morgan fingerprint density at radius 1 is 1.04 bits per heavy atom. The second-order valence-corrected chi connectivity index (χ2v) is 8.08. The number of hydrogen-bond acceptors (Lipinski definition) is 4. The van der Waals surface area contributed by atoms with Crippen molar-refractivity contribution in [3.63, 3.8) is 0 Å². The minimum atomic E-state index is 0.148. The minimum Gasteiger partial charge on any atom is -0.379 e. The first-order chi connectivity index (χ1) is 13.8. The van der Waals surface area contributed by atoms with E-state index in [4.69, 9.17) is 4.74 Å². The van der Waals surface area contributed by atoms with Gasteiger partial charge in [0.15, 0.2) is 5.78 Å². The van der Waals surface area contributed by atoms with Crippen molar-refractivity contribution in [3.8, 4) is 0 Å². The third-order valence-corrected chi connectivity index (χ3v) is 6.50. The summed E-state index contributed by atoms with van der Waals surface area (Å²) in [6.45, 7) is 5.91. The molecule has 2 saturated heterocycles. The summed E-state index contributed by atoms with van der Waals surface area (Å²) in [7, 11) is 0. The first-order valence-corrected chi connectivity index (χ1v) is 10.1. The van der Waals surface area contributed by atoms with Crippen LogP contribution in [0.5, 0.6) is 0 Å². The van der Waals surface area contributed by atoms with Gasteiger partial charge in [0.1, 0.15) is 0 Å². The summed E-state index contributed by atoms with van der Waals surface area (Å²) in [6, 6.07) is 15.1. The number of hydrogen-bond donors (Lipinski definition) is 1. The lowest BCUT2D eigenvalue weighted by atomic mass is 9.87. The highest BCUT2D eigenvalue weighted by molar-refractivity contribution is 6.19. The average molecular weight is 373 g/mol. The molecule has 2 fully saturated rings. The third kappa shape index (κ3) is 2.43. The summed E-state index contributed by atoms with van der Waals surface area (Å²) < 4.78 is 5.46. The number of H-pyrrole nitrogens is 1. The van der Waals surface area contributed by atoms with Crippen LogP contribution in [0.4, 0.5) is 5.69 Å². The summed E-state index contributed by atoms with van der Waals surface area (Å²) in [5.74, 6) is 0.148. The van der Waals surface area contributed by atoms with Crippen molar-refractivity contribution in [3.05, 3.63) is 64.8 Å². The van der Waals surface area contributed by atoms with Crippen LogP contribution >= 0.6 is 0 Å². The van der Waals surface area contributed by atoms with E-state index >= 15 is 0 Å². The monoisotopic (exact) mass is 373 g/mol. The molecule has 0 radical (unpaired) electrons. The number of morpholine rings is 1. The molecule has 0 unspecified atom stereocenters. The van der Waals surface area contributed by atoms with Crippen LogP contribution in [0.25, 0.3) is 10.9 Å². The molecule has 142 valence electrons. The van der Waals surface area contributed by atoms with E-state index in [2.05, 4.69) is 26.9 Å². The lowest BCUT2D eigenvalue weighted by molar-refractivity contribution is 0.0105. The van der Waals surface area contributed by atoms with Gasteiger partial charge in [-0.05, 0) is 29.8 Å². The maximum Gasteiger partial charge on any atom is 0.195 e. The molecule has 3 aromatic rings. The Bertz CT molecular complexity index is 1070. The number of rotatable bonds is 2. The van der Waals surface area contributed by atoms with Crippen molar-refractivity contribution in [2.75, 3.05) is 44.3 Å². The zero-order chi connectivity index (χ0) is 18.7. The molecule has 2 aromatic carbocycles. The molecule has 5 heteroatoms. The molecule has 0 saturated carbocycles. The van der Waals surface area contributed by atoms with Crippen molar-refractivity contribution in [1.82, 2.24) is 9.88 Å². The Kier molecular flexibility index (Phi) is 3.61. The number of nitrogens with zero attached hydrogens (tertiary/aromatic N) is 2. The van der Waals surface area contributed by atoms with Crippen molar-refractivity contribution < 1.29 is 9.53 Å². The second-order valence-electron chi connectivity index (χ2n) is 8.08. The first-order valence-electron chi connectivity index (χ1n) is 10.1. The van der Waals surface area contributed by atoms with Crippen LogP contribution in [0, 0.1) is 0 Å². The summed E-state index contributed by atoms with van der Waals surface area (Å²) in [5, 5.41) is 1.04. The lowest BCUT2D eigenvalue weighted by Gasteiger charge is -2.47. The fraction of sp³-hybridized carbons (Fsp3) is 0.348. The van der Waals surface area contributed by atoms with E-state index in [1.807, 2.05) is 30.3 Å². The van der Waals surface area contributed by atoms with Crippen LogP contribution in [0.3, 0.4) is 0 Å². The number of nitrogens with one attached hydrogen (secondary N) is 1. The number of carbonyl (C=O) groups is 1. The van der Waals surface area contributed by atoms with Gasteiger partial charge in [0, 0.05) is 66.5 Å². The molecule has 1 aromatic heterocycles. The van der Waals surface area contributed by atoms with E-state index < -0.39 is 0 Å².